The molecule has 3 rings (SSSR count). The molecular weight excluding hydrogens is 377 g/mol. The molecule has 2 saturated heterocycles. The molecule has 10 heteroatoms. The maximum atomic E-state index is 13.6. The van der Waals surface area contributed by atoms with E-state index in [0.717, 1.165) is 18.2 Å². The third kappa shape index (κ3) is 4.56. The van der Waals surface area contributed by atoms with Crippen molar-refractivity contribution in [2.24, 2.45) is 0 Å². The van der Waals surface area contributed by atoms with Crippen LogP contribution in [0.1, 0.15) is 23.2 Å². The molecule has 0 aliphatic carbocycles. The van der Waals surface area contributed by atoms with Gasteiger partial charge in [0.2, 0.25) is 6.10 Å². The van der Waals surface area contributed by atoms with E-state index in [1.165, 1.54) is 4.90 Å². The summed E-state index contributed by atoms with van der Waals surface area (Å²) >= 11 is 0. The van der Waals surface area contributed by atoms with Gasteiger partial charge >= 0.3 is 12.1 Å². The van der Waals surface area contributed by atoms with Gasteiger partial charge in [-0.3, -0.25) is 4.90 Å². The molecule has 1 aromatic carbocycles. The van der Waals surface area contributed by atoms with E-state index < -0.39 is 47.8 Å². The van der Waals surface area contributed by atoms with Crippen molar-refractivity contribution in [1.29, 1.82) is 0 Å². The summed E-state index contributed by atoms with van der Waals surface area (Å²) in [6, 6.07) is 2.54. The SMILES string of the molecule is O=C(O[C@@H](CN1CCC2(CC1)OCCO2)C(F)(F)F)c1c(F)cccc1F. The first-order valence-corrected chi connectivity index (χ1v) is 8.42. The third-order valence-corrected chi connectivity index (χ3v) is 4.64. The zero-order chi connectivity index (χ0) is 19.7. The molecule has 1 spiro atoms. The molecular formula is C17H18F5NO4. The Kier molecular flexibility index (Phi) is 5.68. The molecule has 0 saturated carbocycles. The summed E-state index contributed by atoms with van der Waals surface area (Å²) in [6.45, 7) is 0.742. The molecule has 2 heterocycles. The minimum atomic E-state index is -4.88. The van der Waals surface area contributed by atoms with Crippen molar-refractivity contribution in [2.45, 2.75) is 30.9 Å². The number of rotatable bonds is 4. The van der Waals surface area contributed by atoms with Gasteiger partial charge in [0.15, 0.2) is 5.79 Å². The molecule has 1 atom stereocenters. The molecule has 0 N–H and O–H groups in total. The molecule has 2 aliphatic rings. The zero-order valence-electron chi connectivity index (χ0n) is 14.2. The van der Waals surface area contributed by atoms with Gasteiger partial charge in [-0.15, -0.1) is 0 Å². The first-order valence-electron chi connectivity index (χ1n) is 8.42. The summed E-state index contributed by atoms with van der Waals surface area (Å²) in [4.78, 5) is 13.4. The summed E-state index contributed by atoms with van der Waals surface area (Å²) in [5, 5.41) is 0. The van der Waals surface area contributed by atoms with Crippen molar-refractivity contribution in [3.05, 3.63) is 35.4 Å². The monoisotopic (exact) mass is 395 g/mol. The Morgan fingerprint density at radius 3 is 2.22 bits per heavy atom. The molecule has 5 nitrogen and oxygen atoms in total. The van der Waals surface area contributed by atoms with E-state index in [0.29, 0.717) is 26.1 Å². The van der Waals surface area contributed by atoms with Gasteiger partial charge < -0.3 is 14.2 Å². The number of esters is 1. The summed E-state index contributed by atoms with van der Waals surface area (Å²) < 4.78 is 82.6. The van der Waals surface area contributed by atoms with Crippen LogP contribution in [0.5, 0.6) is 0 Å². The highest BCUT2D eigenvalue weighted by Gasteiger charge is 2.46. The van der Waals surface area contributed by atoms with Crippen LogP contribution in [-0.2, 0) is 14.2 Å². The van der Waals surface area contributed by atoms with Gasteiger partial charge in [-0.1, -0.05) is 6.07 Å². The zero-order valence-corrected chi connectivity index (χ0v) is 14.2. The molecule has 27 heavy (non-hydrogen) atoms. The fourth-order valence-corrected chi connectivity index (χ4v) is 3.19. The highest BCUT2D eigenvalue weighted by atomic mass is 19.4. The Morgan fingerprint density at radius 2 is 1.70 bits per heavy atom. The number of carbonyl (C=O) groups is 1. The minimum absolute atomic E-state index is 0.248. The smallest absolute Gasteiger partial charge is 0.426 e. The van der Waals surface area contributed by atoms with Crippen LogP contribution in [0, 0.1) is 11.6 Å². The molecule has 0 aromatic heterocycles. The molecule has 1 aromatic rings. The number of nitrogens with zero attached hydrogens (tertiary/aromatic N) is 1. The molecule has 0 unspecified atom stereocenters. The fraction of sp³-hybridized carbons (Fsp3) is 0.588. The number of carbonyl (C=O) groups excluding carboxylic acids is 1. The normalized spacial score (nSPS) is 21.4. The standard InChI is InChI=1S/C17H18F5NO4/c18-11-2-1-3-12(19)14(11)15(24)27-13(17(20,21)22)10-23-6-4-16(5-7-23)25-8-9-26-16/h1-3,13H,4-10H2/t13-/m0/s1. The minimum Gasteiger partial charge on any atom is -0.448 e. The van der Waals surface area contributed by atoms with Crippen LogP contribution in [0.3, 0.4) is 0 Å². The van der Waals surface area contributed by atoms with Crippen LogP contribution in [0.25, 0.3) is 0 Å². The van der Waals surface area contributed by atoms with Gasteiger partial charge in [0.25, 0.3) is 0 Å². The molecule has 2 fully saturated rings. The van der Waals surface area contributed by atoms with E-state index >= 15 is 0 Å². The maximum Gasteiger partial charge on any atom is 0.426 e. The van der Waals surface area contributed by atoms with Crippen LogP contribution in [-0.4, -0.2) is 61.8 Å². The van der Waals surface area contributed by atoms with Gasteiger partial charge in [0, 0.05) is 32.5 Å². The number of ether oxygens (including phenoxy) is 3. The molecule has 2 aliphatic heterocycles. The van der Waals surface area contributed by atoms with E-state index in [2.05, 4.69) is 4.74 Å². The number of hydrogen-bond acceptors (Lipinski definition) is 5. The van der Waals surface area contributed by atoms with Crippen molar-refractivity contribution in [1.82, 2.24) is 4.90 Å². The average molecular weight is 395 g/mol. The van der Waals surface area contributed by atoms with Crippen molar-refractivity contribution in [3.8, 4) is 0 Å². The highest BCUT2D eigenvalue weighted by molar-refractivity contribution is 5.90. The topological polar surface area (TPSA) is 48.0 Å². The van der Waals surface area contributed by atoms with Crippen molar-refractivity contribution >= 4 is 5.97 Å². The Bertz CT molecular complexity index is 660. The lowest BCUT2D eigenvalue weighted by atomic mass is 10.0. The largest absolute Gasteiger partial charge is 0.448 e. The number of benzene rings is 1. The quantitative estimate of drug-likeness (QED) is 0.580. The van der Waals surface area contributed by atoms with Gasteiger partial charge in [-0.05, 0) is 12.1 Å². The predicted octanol–water partition coefficient (Wildman–Crippen LogP) is 2.89. The number of likely N-dealkylation sites (tertiary alicyclic amines) is 1. The van der Waals surface area contributed by atoms with Crippen LogP contribution >= 0.6 is 0 Å². The second kappa shape index (κ2) is 7.69. The van der Waals surface area contributed by atoms with Gasteiger partial charge in [0.1, 0.15) is 17.2 Å². The van der Waals surface area contributed by atoms with Gasteiger partial charge in [-0.2, -0.15) is 13.2 Å². The van der Waals surface area contributed by atoms with E-state index in [-0.39, 0.29) is 13.1 Å². The first-order chi connectivity index (χ1) is 12.7. The van der Waals surface area contributed by atoms with Crippen molar-refractivity contribution < 1.29 is 41.0 Å². The number of alkyl halides is 3. The lowest BCUT2D eigenvalue weighted by molar-refractivity contribution is -0.217. The lowest BCUT2D eigenvalue weighted by Gasteiger charge is -2.38. The highest BCUT2D eigenvalue weighted by Crippen LogP contribution is 2.33. The van der Waals surface area contributed by atoms with E-state index in [4.69, 9.17) is 9.47 Å². The Balaban J connectivity index is 1.65. The summed E-state index contributed by atoms with van der Waals surface area (Å²) in [5.74, 6) is -5.01. The maximum absolute atomic E-state index is 13.6. The van der Waals surface area contributed by atoms with Crippen LogP contribution < -0.4 is 0 Å². The Morgan fingerprint density at radius 1 is 1.15 bits per heavy atom. The second-order valence-electron chi connectivity index (χ2n) is 6.44. The molecule has 0 radical (unpaired) electrons. The predicted molar refractivity (Wildman–Crippen MR) is 81.9 cm³/mol. The van der Waals surface area contributed by atoms with Crippen LogP contribution in [0.4, 0.5) is 22.0 Å². The number of halogens is 5. The summed E-state index contributed by atoms with van der Waals surface area (Å²) in [6.07, 6.45) is -6.63. The molecule has 0 bridgehead atoms. The van der Waals surface area contributed by atoms with E-state index in [1.54, 1.807) is 0 Å². The second-order valence-corrected chi connectivity index (χ2v) is 6.44. The Hall–Kier alpha value is -1.78. The van der Waals surface area contributed by atoms with Crippen LogP contribution in [0.15, 0.2) is 18.2 Å². The van der Waals surface area contributed by atoms with Crippen LogP contribution in [0.2, 0.25) is 0 Å². The van der Waals surface area contributed by atoms with E-state index in [1.807, 2.05) is 0 Å². The van der Waals surface area contributed by atoms with Crippen molar-refractivity contribution in [2.75, 3.05) is 32.8 Å². The van der Waals surface area contributed by atoms with Gasteiger partial charge in [0.05, 0.1) is 13.2 Å². The molecule has 0 amide bonds. The molecule has 150 valence electrons. The number of hydrogen-bond donors (Lipinski definition) is 0. The first kappa shape index (κ1) is 20.0. The van der Waals surface area contributed by atoms with Gasteiger partial charge in [-0.25, -0.2) is 13.6 Å². The van der Waals surface area contributed by atoms with Crippen molar-refractivity contribution in [3.63, 3.8) is 0 Å². The summed E-state index contributed by atoms with van der Waals surface area (Å²) in [5.41, 5.74) is -1.14. The third-order valence-electron chi connectivity index (χ3n) is 4.64. The summed E-state index contributed by atoms with van der Waals surface area (Å²) in [7, 11) is 0. The Labute approximate surface area is 152 Å². The van der Waals surface area contributed by atoms with E-state index in [9.17, 15) is 26.7 Å². The number of piperidine rings is 1. The fourth-order valence-electron chi connectivity index (χ4n) is 3.19. The average Bonchev–Trinajstić information content (AvgIpc) is 3.03. The lowest BCUT2D eigenvalue weighted by Crippen LogP contribution is -2.50.